The van der Waals surface area contributed by atoms with Crippen LogP contribution in [0.5, 0.6) is 5.75 Å². The number of anilines is 1. The van der Waals surface area contributed by atoms with Crippen molar-refractivity contribution in [2.45, 2.75) is 13.1 Å². The maximum atomic E-state index is 12.9. The molecule has 1 aromatic heterocycles. The van der Waals surface area contributed by atoms with Crippen LogP contribution in [0.3, 0.4) is 0 Å². The molecule has 0 fully saturated rings. The van der Waals surface area contributed by atoms with E-state index in [9.17, 15) is 18.0 Å². The molecule has 0 aliphatic heterocycles. The smallest absolute Gasteiger partial charge is 0.416 e. The number of benzene rings is 2. The number of carbonyl (C=O) groups is 1. The number of halogens is 3. The summed E-state index contributed by atoms with van der Waals surface area (Å²) in [6.07, 6.45) is -4.53. The molecule has 1 heterocycles. The first kappa shape index (κ1) is 16.9. The van der Waals surface area contributed by atoms with Gasteiger partial charge in [-0.2, -0.15) is 13.2 Å². The van der Waals surface area contributed by atoms with E-state index in [1.54, 1.807) is 12.1 Å². The number of methoxy groups -OCH3 is 1. The van der Waals surface area contributed by atoms with Gasteiger partial charge in [0.15, 0.2) is 5.76 Å². The van der Waals surface area contributed by atoms with E-state index in [0.29, 0.717) is 5.58 Å². The van der Waals surface area contributed by atoms with Crippen molar-refractivity contribution in [2.24, 2.45) is 0 Å². The number of hydrogen-bond donors (Lipinski definition) is 1. The Morgan fingerprint density at radius 3 is 2.56 bits per heavy atom. The summed E-state index contributed by atoms with van der Waals surface area (Å²) < 4.78 is 49.1. The van der Waals surface area contributed by atoms with Gasteiger partial charge in [0.05, 0.1) is 18.4 Å². The third-order valence-electron chi connectivity index (χ3n) is 3.67. The summed E-state index contributed by atoms with van der Waals surface area (Å²) in [7, 11) is 1.31. The quantitative estimate of drug-likeness (QED) is 0.722. The van der Waals surface area contributed by atoms with Crippen molar-refractivity contribution in [3.8, 4) is 5.75 Å². The Balaban J connectivity index is 1.93. The molecule has 7 heteroatoms. The number of nitrogens with one attached hydrogen (secondary N) is 1. The van der Waals surface area contributed by atoms with Crippen LogP contribution in [0, 0.1) is 6.92 Å². The van der Waals surface area contributed by atoms with E-state index in [1.165, 1.54) is 13.2 Å². The summed E-state index contributed by atoms with van der Waals surface area (Å²) >= 11 is 0. The molecule has 0 saturated carbocycles. The number of ether oxygens (including phenoxy) is 1. The standard InChI is InChI=1S/C18H14F3NO3/c1-10-3-4-11-8-16(25-15(11)7-10)17(23)22-13-9-12(18(19,20)21)5-6-14(13)24-2/h3-9H,1-2H3,(H,22,23). The summed E-state index contributed by atoms with van der Waals surface area (Å²) in [6, 6.07) is 9.84. The summed E-state index contributed by atoms with van der Waals surface area (Å²) in [5.74, 6) is -0.542. The van der Waals surface area contributed by atoms with E-state index in [2.05, 4.69) is 5.32 Å². The van der Waals surface area contributed by atoms with Gasteiger partial charge in [0, 0.05) is 5.39 Å². The lowest BCUT2D eigenvalue weighted by Crippen LogP contribution is -2.13. The first-order valence-electron chi connectivity index (χ1n) is 7.35. The molecule has 3 aromatic rings. The Morgan fingerprint density at radius 2 is 1.88 bits per heavy atom. The van der Waals surface area contributed by atoms with Gasteiger partial charge in [-0.25, -0.2) is 0 Å². The number of fused-ring (bicyclic) bond motifs is 1. The van der Waals surface area contributed by atoms with Crippen LogP contribution in [0.15, 0.2) is 46.9 Å². The molecule has 1 amide bonds. The minimum Gasteiger partial charge on any atom is -0.495 e. The zero-order chi connectivity index (χ0) is 18.2. The van der Waals surface area contributed by atoms with Crippen molar-refractivity contribution < 1.29 is 27.1 Å². The fourth-order valence-corrected chi connectivity index (χ4v) is 2.42. The highest BCUT2D eigenvalue weighted by molar-refractivity contribution is 6.05. The molecule has 0 radical (unpaired) electrons. The molecule has 1 N–H and O–H groups in total. The summed E-state index contributed by atoms with van der Waals surface area (Å²) in [5, 5.41) is 3.14. The molecule has 0 aliphatic carbocycles. The van der Waals surface area contributed by atoms with Crippen LogP contribution in [-0.2, 0) is 6.18 Å². The molecule has 4 nitrogen and oxygen atoms in total. The Kier molecular flexibility index (Phi) is 4.16. The van der Waals surface area contributed by atoms with E-state index < -0.39 is 17.6 Å². The van der Waals surface area contributed by atoms with Gasteiger partial charge in [0.2, 0.25) is 0 Å². The van der Waals surface area contributed by atoms with Gasteiger partial charge < -0.3 is 14.5 Å². The van der Waals surface area contributed by atoms with Gasteiger partial charge in [-0.1, -0.05) is 12.1 Å². The maximum Gasteiger partial charge on any atom is 0.416 e. The fourth-order valence-electron chi connectivity index (χ4n) is 2.42. The first-order valence-corrected chi connectivity index (χ1v) is 7.35. The summed E-state index contributed by atoms with van der Waals surface area (Å²) in [5.41, 5.74) is 0.525. The lowest BCUT2D eigenvalue weighted by atomic mass is 10.1. The summed E-state index contributed by atoms with van der Waals surface area (Å²) in [4.78, 5) is 12.4. The number of rotatable bonds is 3. The highest BCUT2D eigenvalue weighted by Crippen LogP contribution is 2.35. The van der Waals surface area contributed by atoms with Gasteiger partial charge in [-0.3, -0.25) is 4.79 Å². The third kappa shape index (κ3) is 3.45. The third-order valence-corrected chi connectivity index (χ3v) is 3.67. The summed E-state index contributed by atoms with van der Waals surface area (Å²) in [6.45, 7) is 1.88. The Morgan fingerprint density at radius 1 is 1.12 bits per heavy atom. The second kappa shape index (κ2) is 6.16. The number of furan rings is 1. The normalized spacial score (nSPS) is 11.6. The molecule has 0 bridgehead atoms. The van der Waals surface area contributed by atoms with Crippen LogP contribution < -0.4 is 10.1 Å². The lowest BCUT2D eigenvalue weighted by molar-refractivity contribution is -0.137. The largest absolute Gasteiger partial charge is 0.495 e. The van der Waals surface area contributed by atoms with Crippen LogP contribution in [0.1, 0.15) is 21.7 Å². The van der Waals surface area contributed by atoms with Crippen molar-refractivity contribution in [1.29, 1.82) is 0 Å². The van der Waals surface area contributed by atoms with Gasteiger partial charge in [-0.15, -0.1) is 0 Å². The van der Waals surface area contributed by atoms with Crippen LogP contribution in [0.25, 0.3) is 11.0 Å². The molecule has 3 rings (SSSR count). The minimum absolute atomic E-state index is 0.0000600. The predicted molar refractivity (Wildman–Crippen MR) is 86.9 cm³/mol. The Labute approximate surface area is 141 Å². The first-order chi connectivity index (χ1) is 11.8. The average molecular weight is 349 g/mol. The van der Waals surface area contributed by atoms with E-state index in [4.69, 9.17) is 9.15 Å². The molecule has 0 unspecified atom stereocenters. The SMILES string of the molecule is COc1ccc(C(F)(F)F)cc1NC(=O)c1cc2ccc(C)cc2o1. The average Bonchev–Trinajstić information content (AvgIpc) is 2.97. The fraction of sp³-hybridized carbons (Fsp3) is 0.167. The van der Waals surface area contributed by atoms with Crippen LogP contribution in [0.4, 0.5) is 18.9 Å². The van der Waals surface area contributed by atoms with Gasteiger partial charge >= 0.3 is 6.18 Å². The predicted octanol–water partition coefficient (Wildman–Crippen LogP) is 5.02. The van der Waals surface area contributed by atoms with E-state index in [1.807, 2.05) is 13.0 Å². The van der Waals surface area contributed by atoms with Gasteiger partial charge in [0.25, 0.3) is 5.91 Å². The maximum absolute atomic E-state index is 12.9. The second-order valence-electron chi connectivity index (χ2n) is 5.52. The van der Waals surface area contributed by atoms with E-state index >= 15 is 0 Å². The number of amides is 1. The zero-order valence-corrected chi connectivity index (χ0v) is 13.4. The Hall–Kier alpha value is -2.96. The molecule has 0 atom stereocenters. The number of aryl methyl sites for hydroxylation is 1. The zero-order valence-electron chi connectivity index (χ0n) is 13.4. The van der Waals surface area contributed by atoms with Gasteiger partial charge in [-0.05, 0) is 42.8 Å². The van der Waals surface area contributed by atoms with Crippen molar-refractivity contribution in [3.63, 3.8) is 0 Å². The van der Waals surface area contributed by atoms with Crippen LogP contribution in [-0.4, -0.2) is 13.0 Å². The number of hydrogen-bond acceptors (Lipinski definition) is 3. The molecule has 25 heavy (non-hydrogen) atoms. The molecule has 2 aromatic carbocycles. The van der Waals surface area contributed by atoms with Crippen molar-refractivity contribution in [2.75, 3.05) is 12.4 Å². The minimum atomic E-state index is -4.53. The molecule has 130 valence electrons. The molecular weight excluding hydrogens is 335 g/mol. The number of carbonyl (C=O) groups excluding carboxylic acids is 1. The van der Waals surface area contributed by atoms with Crippen LogP contribution in [0.2, 0.25) is 0 Å². The monoisotopic (exact) mass is 349 g/mol. The molecule has 0 aliphatic rings. The number of alkyl halides is 3. The molecule has 0 spiro atoms. The van der Waals surface area contributed by atoms with Crippen molar-refractivity contribution in [1.82, 2.24) is 0 Å². The van der Waals surface area contributed by atoms with Crippen molar-refractivity contribution >= 4 is 22.6 Å². The van der Waals surface area contributed by atoms with Crippen molar-refractivity contribution in [3.05, 3.63) is 59.4 Å². The van der Waals surface area contributed by atoms with Gasteiger partial charge in [0.1, 0.15) is 11.3 Å². The topological polar surface area (TPSA) is 51.5 Å². The Bertz CT molecular complexity index is 944. The lowest BCUT2D eigenvalue weighted by Gasteiger charge is -2.13. The highest BCUT2D eigenvalue weighted by Gasteiger charge is 2.31. The van der Waals surface area contributed by atoms with E-state index in [0.717, 1.165) is 29.1 Å². The second-order valence-corrected chi connectivity index (χ2v) is 5.52. The highest BCUT2D eigenvalue weighted by atomic mass is 19.4. The molecular formula is C18H14F3NO3. The van der Waals surface area contributed by atoms with E-state index in [-0.39, 0.29) is 17.2 Å². The van der Waals surface area contributed by atoms with Crippen LogP contribution >= 0.6 is 0 Å². The molecule has 0 saturated heterocycles.